The molecular formula is C23H22N4O4S. The minimum Gasteiger partial charge on any atom is -0.497 e. The average molecular weight is 451 g/mol. The van der Waals surface area contributed by atoms with E-state index in [1.165, 1.54) is 16.2 Å². The largest absolute Gasteiger partial charge is 0.497 e. The molecule has 0 aliphatic carbocycles. The molecular weight excluding hydrogens is 428 g/mol. The molecule has 0 bridgehead atoms. The lowest BCUT2D eigenvalue weighted by Crippen LogP contribution is -2.27. The Morgan fingerprint density at radius 1 is 1.06 bits per heavy atom. The van der Waals surface area contributed by atoms with Crippen LogP contribution in [-0.4, -0.2) is 53.2 Å². The third kappa shape index (κ3) is 4.62. The predicted molar refractivity (Wildman–Crippen MR) is 123 cm³/mol. The number of amides is 1. The zero-order valence-corrected chi connectivity index (χ0v) is 18.8. The molecule has 0 N–H and O–H groups in total. The smallest absolute Gasteiger partial charge is 0.296 e. The molecule has 0 saturated carbocycles. The van der Waals surface area contributed by atoms with Crippen molar-refractivity contribution in [3.05, 3.63) is 75.5 Å². The molecule has 2 aromatic heterocycles. The number of ether oxygens (including phenoxy) is 2. The van der Waals surface area contributed by atoms with Gasteiger partial charge in [-0.15, -0.1) is 11.3 Å². The number of thiazole rings is 1. The Kier molecular flexibility index (Phi) is 6.18. The van der Waals surface area contributed by atoms with Crippen LogP contribution in [0.1, 0.15) is 11.3 Å². The van der Waals surface area contributed by atoms with Gasteiger partial charge in [0.2, 0.25) is 4.96 Å². The molecule has 0 atom stereocenters. The molecule has 4 rings (SSSR count). The van der Waals surface area contributed by atoms with Crippen molar-refractivity contribution >= 4 is 22.2 Å². The van der Waals surface area contributed by atoms with E-state index in [0.717, 1.165) is 22.6 Å². The Hall–Kier alpha value is -3.72. The summed E-state index contributed by atoms with van der Waals surface area (Å²) in [7, 11) is 4.98. The van der Waals surface area contributed by atoms with Crippen molar-refractivity contribution in [3.8, 4) is 22.8 Å². The monoisotopic (exact) mass is 450 g/mol. The quantitative estimate of drug-likeness (QED) is 0.430. The van der Waals surface area contributed by atoms with E-state index in [0.29, 0.717) is 22.8 Å². The van der Waals surface area contributed by atoms with Gasteiger partial charge < -0.3 is 14.4 Å². The molecule has 0 spiro atoms. The van der Waals surface area contributed by atoms with Gasteiger partial charge in [-0.05, 0) is 42.0 Å². The van der Waals surface area contributed by atoms with Gasteiger partial charge in [-0.2, -0.15) is 10.1 Å². The number of carbonyl (C=O) groups is 1. The third-order valence-corrected chi connectivity index (χ3v) is 5.71. The predicted octanol–water partition coefficient (Wildman–Crippen LogP) is 2.88. The summed E-state index contributed by atoms with van der Waals surface area (Å²) < 4.78 is 12.4. The first-order chi connectivity index (χ1) is 15.4. The maximum Gasteiger partial charge on any atom is 0.296 e. The molecule has 0 aliphatic rings. The number of methoxy groups -OCH3 is 1. The minimum absolute atomic E-state index is 0.0189. The molecule has 1 amide bonds. The fourth-order valence-corrected chi connectivity index (χ4v) is 3.86. The number of fused-ring (bicyclic) bond motifs is 1. The number of aromatic nitrogens is 3. The number of likely N-dealkylation sites (N-methyl/N-ethyl adjacent to an activating group) is 1. The van der Waals surface area contributed by atoms with Crippen LogP contribution in [0.5, 0.6) is 11.5 Å². The lowest BCUT2D eigenvalue weighted by Gasteiger charge is -2.11. The van der Waals surface area contributed by atoms with E-state index < -0.39 is 0 Å². The third-order valence-electron chi connectivity index (χ3n) is 4.89. The molecule has 164 valence electrons. The van der Waals surface area contributed by atoms with Crippen molar-refractivity contribution in [1.82, 2.24) is 19.5 Å². The highest BCUT2D eigenvalue weighted by Crippen LogP contribution is 2.26. The SMILES string of the molecule is COc1ccc(Cc2nn3c(-c4ccc(OCC(=O)N(C)C)cc4)csc3nc2=O)cc1. The van der Waals surface area contributed by atoms with E-state index in [1.807, 2.05) is 41.8 Å². The second kappa shape index (κ2) is 9.19. The maximum atomic E-state index is 12.5. The number of benzene rings is 2. The first kappa shape index (κ1) is 21.5. The van der Waals surface area contributed by atoms with E-state index in [2.05, 4.69) is 10.1 Å². The zero-order valence-electron chi connectivity index (χ0n) is 17.9. The van der Waals surface area contributed by atoms with E-state index >= 15 is 0 Å². The molecule has 2 aromatic carbocycles. The Morgan fingerprint density at radius 3 is 2.41 bits per heavy atom. The molecule has 0 saturated heterocycles. The zero-order chi connectivity index (χ0) is 22.7. The second-order valence-electron chi connectivity index (χ2n) is 7.31. The van der Waals surface area contributed by atoms with Gasteiger partial charge >= 0.3 is 0 Å². The lowest BCUT2D eigenvalue weighted by molar-refractivity contribution is -0.130. The van der Waals surface area contributed by atoms with Crippen LogP contribution < -0.4 is 15.0 Å². The Balaban J connectivity index is 1.58. The van der Waals surface area contributed by atoms with Crippen molar-refractivity contribution in [2.24, 2.45) is 0 Å². The normalized spacial score (nSPS) is 10.8. The molecule has 8 nitrogen and oxygen atoms in total. The standard InChI is InChI=1S/C23H22N4O4S/c1-26(2)21(28)13-31-18-10-6-16(7-11-18)20-14-32-23-24-22(29)19(25-27(20)23)12-15-4-8-17(30-3)9-5-15/h4-11,14H,12-13H2,1-3H3. The first-order valence-corrected chi connectivity index (χ1v) is 10.8. The summed E-state index contributed by atoms with van der Waals surface area (Å²) in [5.41, 5.74) is 2.71. The van der Waals surface area contributed by atoms with Gasteiger partial charge in [0.05, 0.1) is 12.8 Å². The van der Waals surface area contributed by atoms with Crippen LogP contribution in [0.15, 0.2) is 58.7 Å². The van der Waals surface area contributed by atoms with Gasteiger partial charge in [-0.3, -0.25) is 9.59 Å². The van der Waals surface area contributed by atoms with Crippen LogP contribution in [-0.2, 0) is 11.2 Å². The summed E-state index contributed by atoms with van der Waals surface area (Å²) in [5, 5.41) is 6.50. The number of nitrogens with zero attached hydrogens (tertiary/aromatic N) is 4. The highest BCUT2D eigenvalue weighted by atomic mass is 32.1. The number of hydrogen-bond acceptors (Lipinski definition) is 7. The average Bonchev–Trinajstić information content (AvgIpc) is 3.21. The number of rotatable bonds is 7. The van der Waals surface area contributed by atoms with Crippen LogP contribution in [0.3, 0.4) is 0 Å². The summed E-state index contributed by atoms with van der Waals surface area (Å²) >= 11 is 1.36. The molecule has 32 heavy (non-hydrogen) atoms. The van der Waals surface area contributed by atoms with E-state index in [4.69, 9.17) is 9.47 Å². The molecule has 0 radical (unpaired) electrons. The van der Waals surface area contributed by atoms with E-state index in [9.17, 15) is 9.59 Å². The topological polar surface area (TPSA) is 86.0 Å². The summed E-state index contributed by atoms with van der Waals surface area (Å²) in [5.74, 6) is 1.24. The minimum atomic E-state index is -0.330. The fourth-order valence-electron chi connectivity index (χ4n) is 3.03. The van der Waals surface area contributed by atoms with Crippen LogP contribution >= 0.6 is 11.3 Å². The van der Waals surface area contributed by atoms with Crippen molar-refractivity contribution in [1.29, 1.82) is 0 Å². The molecule has 0 fully saturated rings. The van der Waals surface area contributed by atoms with E-state index in [-0.39, 0.29) is 18.1 Å². The van der Waals surface area contributed by atoms with Gasteiger partial charge in [-0.1, -0.05) is 12.1 Å². The second-order valence-corrected chi connectivity index (χ2v) is 8.14. The summed E-state index contributed by atoms with van der Waals surface area (Å²) in [6.45, 7) is -0.0189. The molecule has 4 aromatic rings. The Bertz CT molecular complexity index is 1290. The lowest BCUT2D eigenvalue weighted by atomic mass is 10.1. The number of carbonyl (C=O) groups excluding carboxylic acids is 1. The van der Waals surface area contributed by atoms with Crippen molar-refractivity contribution in [2.45, 2.75) is 6.42 Å². The van der Waals surface area contributed by atoms with Gasteiger partial charge in [-0.25, -0.2) is 4.52 Å². The van der Waals surface area contributed by atoms with Crippen LogP contribution in [0.2, 0.25) is 0 Å². The highest BCUT2D eigenvalue weighted by molar-refractivity contribution is 7.15. The van der Waals surface area contributed by atoms with Crippen molar-refractivity contribution < 1.29 is 14.3 Å². The summed E-state index contributed by atoms with van der Waals surface area (Å²) in [6, 6.07) is 14.9. The van der Waals surface area contributed by atoms with Gasteiger partial charge in [0.25, 0.3) is 11.5 Å². The highest BCUT2D eigenvalue weighted by Gasteiger charge is 2.13. The fraction of sp³-hybridized carbons (Fsp3) is 0.217. The van der Waals surface area contributed by atoms with Crippen LogP contribution in [0, 0.1) is 0 Å². The van der Waals surface area contributed by atoms with Gasteiger partial charge in [0, 0.05) is 31.5 Å². The van der Waals surface area contributed by atoms with E-state index in [1.54, 1.807) is 37.9 Å². The van der Waals surface area contributed by atoms with Crippen LogP contribution in [0.4, 0.5) is 0 Å². The maximum absolute atomic E-state index is 12.5. The Morgan fingerprint density at radius 2 is 1.75 bits per heavy atom. The van der Waals surface area contributed by atoms with Gasteiger partial charge in [0.1, 0.15) is 17.2 Å². The van der Waals surface area contributed by atoms with Crippen molar-refractivity contribution in [2.75, 3.05) is 27.8 Å². The summed E-state index contributed by atoms with van der Waals surface area (Å²) in [6.07, 6.45) is 0.376. The summed E-state index contributed by atoms with van der Waals surface area (Å²) in [4.78, 5) is 30.4. The van der Waals surface area contributed by atoms with Crippen LogP contribution in [0.25, 0.3) is 16.2 Å². The number of hydrogen-bond donors (Lipinski definition) is 0. The molecule has 2 heterocycles. The molecule has 0 unspecified atom stereocenters. The Labute approximate surface area is 188 Å². The molecule has 9 heteroatoms. The molecule has 0 aliphatic heterocycles. The first-order valence-electron chi connectivity index (χ1n) is 9.88. The van der Waals surface area contributed by atoms with Crippen molar-refractivity contribution in [3.63, 3.8) is 0 Å². The van der Waals surface area contributed by atoms with Gasteiger partial charge in [0.15, 0.2) is 6.61 Å².